The molecule has 0 fully saturated rings. The highest BCUT2D eigenvalue weighted by molar-refractivity contribution is 5.92. The van der Waals surface area contributed by atoms with Crippen LogP contribution in [0.5, 0.6) is 5.75 Å². The molecule has 1 aliphatic rings. The zero-order valence-corrected chi connectivity index (χ0v) is 13.1. The second kappa shape index (κ2) is 6.90. The fourth-order valence-electron chi connectivity index (χ4n) is 2.86. The van der Waals surface area contributed by atoms with E-state index in [4.69, 9.17) is 0 Å². The minimum atomic E-state index is -2.85. The van der Waals surface area contributed by atoms with Gasteiger partial charge in [0, 0.05) is 6.20 Å². The predicted molar refractivity (Wildman–Crippen MR) is 83.0 cm³/mol. The molecule has 1 N–H and O–H groups in total. The molecule has 0 unspecified atom stereocenters. The number of aryl methyl sites for hydroxylation is 2. The van der Waals surface area contributed by atoms with Crippen molar-refractivity contribution in [3.8, 4) is 5.75 Å². The normalized spacial score (nSPS) is 16.6. The number of rotatable bonds is 4. The number of aromatic nitrogens is 2. The van der Waals surface area contributed by atoms with Crippen LogP contribution < -0.4 is 10.1 Å². The number of benzene rings is 1. The van der Waals surface area contributed by atoms with Gasteiger partial charge in [-0.15, -0.1) is 0 Å². The maximum Gasteiger partial charge on any atom is 0.387 e. The number of alkyl halides is 2. The Labute approximate surface area is 138 Å². The predicted octanol–water partition coefficient (Wildman–Crippen LogP) is 3.19. The van der Waals surface area contributed by atoms with Crippen LogP contribution in [0.25, 0.3) is 0 Å². The summed E-state index contributed by atoms with van der Waals surface area (Å²) in [4.78, 5) is 20.4. The van der Waals surface area contributed by atoms with E-state index in [1.807, 2.05) is 0 Å². The number of nitrogens with zero attached hydrogens (tertiary/aromatic N) is 2. The monoisotopic (exact) mass is 333 g/mol. The first-order chi connectivity index (χ1) is 11.5. The first-order valence-corrected chi connectivity index (χ1v) is 7.70. The molecule has 3 rings (SSSR count). The molecule has 1 amide bonds. The Bertz CT molecular complexity index is 735. The first kappa shape index (κ1) is 16.3. The second-order valence-corrected chi connectivity index (χ2v) is 5.70. The molecule has 24 heavy (non-hydrogen) atoms. The number of carbonyl (C=O) groups is 1. The zero-order chi connectivity index (χ0) is 17.1. The molecule has 1 atom stereocenters. The molecule has 1 aromatic heterocycles. The maximum absolute atomic E-state index is 12.3. The number of hydrogen-bond donors (Lipinski definition) is 1. The fourth-order valence-corrected chi connectivity index (χ4v) is 2.86. The molecular weight excluding hydrogens is 316 g/mol. The van der Waals surface area contributed by atoms with Crippen molar-refractivity contribution in [2.75, 3.05) is 0 Å². The molecule has 0 aliphatic heterocycles. The van der Waals surface area contributed by atoms with Gasteiger partial charge in [0.2, 0.25) is 0 Å². The summed E-state index contributed by atoms with van der Waals surface area (Å²) < 4.78 is 29.1. The molecule has 126 valence electrons. The van der Waals surface area contributed by atoms with Crippen LogP contribution in [0.4, 0.5) is 8.78 Å². The number of carbonyl (C=O) groups excluding carboxylic acids is 1. The Morgan fingerprint density at radius 3 is 2.88 bits per heavy atom. The average Bonchev–Trinajstić information content (AvgIpc) is 2.55. The topological polar surface area (TPSA) is 64.1 Å². The van der Waals surface area contributed by atoms with Crippen molar-refractivity contribution in [3.05, 3.63) is 53.1 Å². The third-order valence-corrected chi connectivity index (χ3v) is 3.97. The number of amides is 1. The van der Waals surface area contributed by atoms with Gasteiger partial charge in [-0.3, -0.25) is 9.78 Å². The van der Waals surface area contributed by atoms with Crippen LogP contribution in [0.2, 0.25) is 0 Å². The van der Waals surface area contributed by atoms with Crippen molar-refractivity contribution < 1.29 is 18.3 Å². The van der Waals surface area contributed by atoms with Gasteiger partial charge in [-0.05, 0) is 49.4 Å². The number of nitrogens with one attached hydrogen (secondary N) is 1. The summed E-state index contributed by atoms with van der Waals surface area (Å²) in [6, 6.07) is 4.68. The van der Waals surface area contributed by atoms with Crippen LogP contribution in [-0.2, 0) is 6.42 Å². The van der Waals surface area contributed by atoms with Crippen molar-refractivity contribution in [2.45, 2.75) is 38.8 Å². The summed E-state index contributed by atoms with van der Waals surface area (Å²) in [5.74, 6) is -0.159. The molecule has 0 saturated heterocycles. The highest BCUT2D eigenvalue weighted by atomic mass is 19.3. The number of halogens is 2. The molecule has 1 aromatic carbocycles. The Hall–Kier alpha value is -2.57. The minimum absolute atomic E-state index is 0.139. The molecule has 0 radical (unpaired) electrons. The molecule has 0 bridgehead atoms. The van der Waals surface area contributed by atoms with E-state index in [1.165, 1.54) is 18.5 Å². The van der Waals surface area contributed by atoms with Gasteiger partial charge < -0.3 is 10.1 Å². The van der Waals surface area contributed by atoms with Crippen LogP contribution in [0, 0.1) is 6.92 Å². The molecule has 1 aliphatic carbocycles. The number of hydrogen-bond acceptors (Lipinski definition) is 4. The fraction of sp³-hybridized carbons (Fsp3) is 0.353. The van der Waals surface area contributed by atoms with Gasteiger partial charge in [0.1, 0.15) is 11.4 Å². The molecule has 7 heteroatoms. The summed E-state index contributed by atoms with van der Waals surface area (Å²) in [6.07, 6.45) is 5.39. The second-order valence-electron chi connectivity index (χ2n) is 5.70. The Morgan fingerprint density at radius 1 is 1.33 bits per heavy atom. The number of ether oxygens (including phenoxy) is 1. The smallest absolute Gasteiger partial charge is 0.387 e. The quantitative estimate of drug-likeness (QED) is 0.933. The van der Waals surface area contributed by atoms with Gasteiger partial charge in [0.15, 0.2) is 0 Å². The standard InChI is InChI=1S/C17H17F2N3O2/c1-10-8-21-15(9-20-10)16(23)22-14-4-2-3-11-7-12(24-17(18)19)5-6-13(11)14/h5-9,14,17H,2-4H2,1H3,(H,22,23)/t14-/m1/s1. The van der Waals surface area contributed by atoms with Crippen LogP contribution >= 0.6 is 0 Å². The van der Waals surface area contributed by atoms with E-state index < -0.39 is 6.61 Å². The SMILES string of the molecule is Cc1cnc(C(=O)N[C@@H]2CCCc3cc(OC(F)F)ccc32)cn1. The Kier molecular flexibility index (Phi) is 4.69. The van der Waals surface area contributed by atoms with E-state index in [1.54, 1.807) is 19.1 Å². The largest absolute Gasteiger partial charge is 0.435 e. The van der Waals surface area contributed by atoms with E-state index >= 15 is 0 Å². The van der Waals surface area contributed by atoms with E-state index in [2.05, 4.69) is 20.0 Å². The lowest BCUT2D eigenvalue weighted by Gasteiger charge is -2.26. The summed E-state index contributed by atoms with van der Waals surface area (Å²) in [5.41, 5.74) is 2.84. The molecule has 2 aromatic rings. The summed E-state index contributed by atoms with van der Waals surface area (Å²) in [5, 5.41) is 2.94. The Balaban J connectivity index is 1.76. The van der Waals surface area contributed by atoms with Crippen LogP contribution in [0.15, 0.2) is 30.6 Å². The maximum atomic E-state index is 12.3. The summed E-state index contributed by atoms with van der Waals surface area (Å²) in [7, 11) is 0. The lowest BCUT2D eigenvalue weighted by atomic mass is 9.87. The number of fused-ring (bicyclic) bond motifs is 1. The van der Waals surface area contributed by atoms with Gasteiger partial charge in [-0.1, -0.05) is 6.07 Å². The lowest BCUT2D eigenvalue weighted by molar-refractivity contribution is -0.0499. The Morgan fingerprint density at radius 2 is 2.17 bits per heavy atom. The summed E-state index contributed by atoms with van der Waals surface area (Å²) >= 11 is 0. The van der Waals surface area contributed by atoms with E-state index in [-0.39, 0.29) is 23.4 Å². The van der Waals surface area contributed by atoms with E-state index in [0.29, 0.717) is 0 Å². The lowest BCUT2D eigenvalue weighted by Crippen LogP contribution is -2.31. The van der Waals surface area contributed by atoms with Crippen molar-refractivity contribution in [2.24, 2.45) is 0 Å². The van der Waals surface area contributed by atoms with Crippen molar-refractivity contribution in [3.63, 3.8) is 0 Å². The van der Waals surface area contributed by atoms with E-state index in [0.717, 1.165) is 36.1 Å². The van der Waals surface area contributed by atoms with Crippen molar-refractivity contribution >= 4 is 5.91 Å². The van der Waals surface area contributed by atoms with Crippen LogP contribution in [0.3, 0.4) is 0 Å². The molecule has 1 heterocycles. The highest BCUT2D eigenvalue weighted by Gasteiger charge is 2.23. The van der Waals surface area contributed by atoms with Crippen LogP contribution in [0.1, 0.15) is 46.2 Å². The third kappa shape index (κ3) is 3.67. The molecule has 0 spiro atoms. The molecule has 0 saturated carbocycles. The highest BCUT2D eigenvalue weighted by Crippen LogP contribution is 2.32. The van der Waals surface area contributed by atoms with Crippen molar-refractivity contribution in [1.82, 2.24) is 15.3 Å². The van der Waals surface area contributed by atoms with Gasteiger partial charge in [0.05, 0.1) is 17.9 Å². The molecule has 5 nitrogen and oxygen atoms in total. The summed E-state index contributed by atoms with van der Waals surface area (Å²) in [6.45, 7) is -1.05. The van der Waals surface area contributed by atoms with Gasteiger partial charge in [-0.2, -0.15) is 8.78 Å². The van der Waals surface area contributed by atoms with Gasteiger partial charge in [-0.25, -0.2) is 4.98 Å². The van der Waals surface area contributed by atoms with Crippen LogP contribution in [-0.4, -0.2) is 22.5 Å². The molecular formula is C17H17F2N3O2. The average molecular weight is 333 g/mol. The third-order valence-electron chi connectivity index (χ3n) is 3.97. The van der Waals surface area contributed by atoms with E-state index in [9.17, 15) is 13.6 Å². The van der Waals surface area contributed by atoms with Gasteiger partial charge >= 0.3 is 6.61 Å². The minimum Gasteiger partial charge on any atom is -0.435 e. The van der Waals surface area contributed by atoms with Crippen molar-refractivity contribution in [1.29, 1.82) is 0 Å². The van der Waals surface area contributed by atoms with Gasteiger partial charge in [0.25, 0.3) is 5.91 Å². The zero-order valence-electron chi connectivity index (χ0n) is 13.1. The first-order valence-electron chi connectivity index (χ1n) is 7.70.